The van der Waals surface area contributed by atoms with Crippen LogP contribution in [0.15, 0.2) is 36.7 Å². The molecule has 0 spiro atoms. The molecule has 0 N–H and O–H groups in total. The van der Waals surface area contributed by atoms with Gasteiger partial charge >= 0.3 is 5.97 Å². The van der Waals surface area contributed by atoms with Crippen molar-refractivity contribution in [2.75, 3.05) is 20.3 Å². The second-order valence-corrected chi connectivity index (χ2v) is 5.67. The smallest absolute Gasteiger partial charge is 0.348 e. The van der Waals surface area contributed by atoms with E-state index >= 15 is 0 Å². The van der Waals surface area contributed by atoms with Gasteiger partial charge in [0.15, 0.2) is 24.5 Å². The maximum Gasteiger partial charge on any atom is 0.348 e. The molecule has 130 valence electrons. The van der Waals surface area contributed by atoms with Gasteiger partial charge in [-0.1, -0.05) is 6.07 Å². The molecule has 25 heavy (non-hydrogen) atoms. The minimum atomic E-state index is -0.370. The summed E-state index contributed by atoms with van der Waals surface area (Å²) in [6, 6.07) is 7.84. The quantitative estimate of drug-likeness (QED) is 0.574. The van der Waals surface area contributed by atoms with Crippen LogP contribution in [0.5, 0.6) is 11.5 Å². The van der Waals surface area contributed by atoms with Crippen LogP contribution in [0.4, 0.5) is 0 Å². The molecule has 0 amide bonds. The lowest BCUT2D eigenvalue weighted by molar-refractivity contribution is -0.684. The second kappa shape index (κ2) is 7.38. The van der Waals surface area contributed by atoms with Gasteiger partial charge in [-0.3, -0.25) is 0 Å². The van der Waals surface area contributed by atoms with Gasteiger partial charge < -0.3 is 14.2 Å². The molecule has 5 heteroatoms. The van der Waals surface area contributed by atoms with E-state index in [2.05, 4.69) is 6.08 Å². The normalized spacial score (nSPS) is 11.9. The number of benzene rings is 1. The fraction of sp³-hybridized carbons (Fsp3) is 0.300. The van der Waals surface area contributed by atoms with Crippen molar-refractivity contribution in [1.29, 1.82) is 0 Å². The fourth-order valence-electron chi connectivity index (χ4n) is 2.85. The molecule has 1 aromatic heterocycles. The monoisotopic (exact) mass is 340 g/mol. The predicted octanol–water partition coefficient (Wildman–Crippen LogP) is 3.11. The topological polar surface area (TPSA) is 48.6 Å². The highest BCUT2D eigenvalue weighted by Gasteiger charge is 2.23. The molecule has 0 bridgehead atoms. The highest BCUT2D eigenvalue weighted by atomic mass is 16.5. The number of hydrogen-bond acceptors (Lipinski definition) is 4. The molecule has 1 aromatic carbocycles. The first kappa shape index (κ1) is 17.0. The fourth-order valence-corrected chi connectivity index (χ4v) is 2.85. The van der Waals surface area contributed by atoms with Crippen molar-refractivity contribution in [2.24, 2.45) is 0 Å². The molecule has 0 saturated carbocycles. The Labute approximate surface area is 147 Å². The molecular formula is C20H22NO4+. The molecule has 0 fully saturated rings. The standard InChI is InChI=1S/C20H22NO4/c1-4-24-19-8-9-21(13-18(19)20(22)25-5-2)12-15-10-14-6-7-16(23-3)11-17(14)15/h6-11,13H,4-5,12H2,1-3H3/q+1. The van der Waals surface area contributed by atoms with E-state index in [1.807, 2.05) is 42.0 Å². The molecule has 1 aliphatic rings. The summed E-state index contributed by atoms with van der Waals surface area (Å²) in [5, 5.41) is 0. The van der Waals surface area contributed by atoms with Crippen LogP contribution in [-0.2, 0) is 11.3 Å². The zero-order chi connectivity index (χ0) is 17.8. The minimum absolute atomic E-state index is 0.331. The summed E-state index contributed by atoms with van der Waals surface area (Å²) in [7, 11) is 1.66. The number of nitrogens with zero attached hydrogens (tertiary/aromatic N) is 1. The number of methoxy groups -OCH3 is 1. The number of fused-ring (bicyclic) bond motifs is 1. The number of carbonyl (C=O) groups excluding carboxylic acids is 1. The molecule has 0 saturated heterocycles. The molecule has 2 aromatic rings. The summed E-state index contributed by atoms with van der Waals surface area (Å²) in [6.45, 7) is 5.17. The van der Waals surface area contributed by atoms with Crippen LogP contribution in [0.3, 0.4) is 0 Å². The van der Waals surface area contributed by atoms with E-state index in [0.717, 1.165) is 5.75 Å². The number of allylic oxidation sites excluding steroid dienone is 1. The third-order valence-electron chi connectivity index (χ3n) is 4.06. The highest BCUT2D eigenvalue weighted by Crippen LogP contribution is 2.35. The highest BCUT2D eigenvalue weighted by molar-refractivity contribution is 5.95. The van der Waals surface area contributed by atoms with Gasteiger partial charge in [0, 0.05) is 11.6 Å². The van der Waals surface area contributed by atoms with Gasteiger partial charge in [-0.2, -0.15) is 4.57 Å². The molecule has 0 atom stereocenters. The summed E-state index contributed by atoms with van der Waals surface area (Å²) in [5.41, 5.74) is 4.02. The van der Waals surface area contributed by atoms with E-state index < -0.39 is 0 Å². The number of rotatable bonds is 7. The van der Waals surface area contributed by atoms with Crippen molar-refractivity contribution in [3.8, 4) is 11.5 Å². The van der Waals surface area contributed by atoms with Gasteiger partial charge in [-0.05, 0) is 43.2 Å². The lowest BCUT2D eigenvalue weighted by atomic mass is 9.88. The van der Waals surface area contributed by atoms with E-state index in [1.165, 1.54) is 16.7 Å². The van der Waals surface area contributed by atoms with Crippen molar-refractivity contribution < 1.29 is 23.6 Å². The lowest BCUT2D eigenvalue weighted by Gasteiger charge is -2.19. The van der Waals surface area contributed by atoms with Crippen molar-refractivity contribution in [3.63, 3.8) is 0 Å². The Bertz CT molecular complexity index is 826. The first-order valence-electron chi connectivity index (χ1n) is 8.38. The maximum absolute atomic E-state index is 12.2. The summed E-state index contributed by atoms with van der Waals surface area (Å²) in [6.07, 6.45) is 5.83. The average molecular weight is 340 g/mol. The number of hydrogen-bond donors (Lipinski definition) is 0. The Morgan fingerprint density at radius 3 is 2.72 bits per heavy atom. The van der Waals surface area contributed by atoms with Crippen LogP contribution in [0.2, 0.25) is 0 Å². The summed E-state index contributed by atoms with van der Waals surface area (Å²) in [4.78, 5) is 12.2. The Kier molecular flexibility index (Phi) is 5.03. The van der Waals surface area contributed by atoms with Gasteiger partial charge in [0.05, 0.1) is 20.3 Å². The summed E-state index contributed by atoms with van der Waals surface area (Å²) >= 11 is 0. The molecular weight excluding hydrogens is 318 g/mol. The Hall–Kier alpha value is -2.82. The molecule has 1 heterocycles. The van der Waals surface area contributed by atoms with Crippen molar-refractivity contribution in [3.05, 3.63) is 53.3 Å². The van der Waals surface area contributed by atoms with E-state index in [0.29, 0.717) is 31.1 Å². The van der Waals surface area contributed by atoms with E-state index in [4.69, 9.17) is 14.2 Å². The third kappa shape index (κ3) is 3.50. The van der Waals surface area contributed by atoms with Crippen LogP contribution < -0.4 is 14.0 Å². The molecule has 5 nitrogen and oxygen atoms in total. The lowest BCUT2D eigenvalue weighted by Crippen LogP contribution is -2.35. The van der Waals surface area contributed by atoms with Gasteiger partial charge in [-0.25, -0.2) is 4.79 Å². The number of esters is 1. The van der Waals surface area contributed by atoms with Crippen LogP contribution in [0.1, 0.15) is 35.3 Å². The third-order valence-corrected chi connectivity index (χ3v) is 4.06. The zero-order valence-electron chi connectivity index (χ0n) is 14.7. The largest absolute Gasteiger partial charge is 0.497 e. The Morgan fingerprint density at radius 1 is 1.16 bits per heavy atom. The molecule has 1 aliphatic carbocycles. The summed E-state index contributed by atoms with van der Waals surface area (Å²) < 4.78 is 17.9. The number of carbonyl (C=O) groups is 1. The minimum Gasteiger partial charge on any atom is -0.497 e. The van der Waals surface area contributed by atoms with Crippen LogP contribution in [0.25, 0.3) is 11.6 Å². The molecule has 0 unspecified atom stereocenters. The van der Waals surface area contributed by atoms with Gasteiger partial charge in [-0.15, -0.1) is 0 Å². The second-order valence-electron chi connectivity index (χ2n) is 5.67. The SMILES string of the molecule is CCOC(=O)c1c[n+](CC2=Cc3ccc(OC)cc32)ccc1OCC. The van der Waals surface area contributed by atoms with Crippen LogP contribution in [-0.4, -0.2) is 26.3 Å². The van der Waals surface area contributed by atoms with Gasteiger partial charge in [0.1, 0.15) is 11.5 Å². The number of ether oxygens (including phenoxy) is 3. The van der Waals surface area contributed by atoms with Crippen LogP contribution in [0, 0.1) is 0 Å². The van der Waals surface area contributed by atoms with Crippen molar-refractivity contribution in [1.82, 2.24) is 0 Å². The Morgan fingerprint density at radius 2 is 2.00 bits per heavy atom. The predicted molar refractivity (Wildman–Crippen MR) is 94.6 cm³/mol. The van der Waals surface area contributed by atoms with E-state index in [1.54, 1.807) is 20.2 Å². The van der Waals surface area contributed by atoms with E-state index in [9.17, 15) is 4.79 Å². The van der Waals surface area contributed by atoms with Gasteiger partial charge in [0.2, 0.25) is 0 Å². The number of aromatic nitrogens is 1. The molecule has 0 radical (unpaired) electrons. The first-order valence-corrected chi connectivity index (χ1v) is 8.38. The zero-order valence-corrected chi connectivity index (χ0v) is 14.7. The first-order chi connectivity index (χ1) is 12.2. The Balaban J connectivity index is 1.83. The molecule has 3 rings (SSSR count). The van der Waals surface area contributed by atoms with E-state index in [-0.39, 0.29) is 5.97 Å². The average Bonchev–Trinajstić information content (AvgIpc) is 2.61. The van der Waals surface area contributed by atoms with Crippen molar-refractivity contribution in [2.45, 2.75) is 20.4 Å². The summed E-state index contributed by atoms with van der Waals surface area (Å²) in [5.74, 6) is 1.01. The van der Waals surface area contributed by atoms with Crippen LogP contribution >= 0.6 is 0 Å². The maximum atomic E-state index is 12.2. The van der Waals surface area contributed by atoms with Crippen molar-refractivity contribution >= 4 is 17.6 Å². The molecule has 0 aliphatic heterocycles. The number of pyridine rings is 1. The van der Waals surface area contributed by atoms with Gasteiger partial charge in [0.25, 0.3) is 0 Å².